The van der Waals surface area contributed by atoms with Crippen LogP contribution in [0.15, 0.2) is 55.1 Å². The average Bonchev–Trinajstić information content (AvgIpc) is 3.85. The first-order valence-corrected chi connectivity index (χ1v) is 19.5. The first-order valence-electron chi connectivity index (χ1n) is 19.5. The van der Waals surface area contributed by atoms with E-state index in [2.05, 4.69) is 58.4 Å². The lowest BCUT2D eigenvalue weighted by Gasteiger charge is -2.22. The van der Waals surface area contributed by atoms with Crippen LogP contribution in [-0.4, -0.2) is 92.4 Å². The molecule has 54 heavy (non-hydrogen) atoms. The number of aryl methyl sites for hydroxylation is 1. The van der Waals surface area contributed by atoms with Gasteiger partial charge in [0, 0.05) is 37.0 Å². The Kier molecular flexibility index (Phi) is 25.7. The quantitative estimate of drug-likeness (QED) is 0.0504. The summed E-state index contributed by atoms with van der Waals surface area (Å²) in [6, 6.07) is 5.27. The van der Waals surface area contributed by atoms with Crippen molar-refractivity contribution in [3.8, 4) is 0 Å². The largest absolute Gasteiger partial charge is 0.480 e. The number of fused-ring (bicyclic) bond motifs is 1. The van der Waals surface area contributed by atoms with E-state index in [0.29, 0.717) is 24.5 Å². The summed E-state index contributed by atoms with van der Waals surface area (Å²) in [6.45, 7) is 11.8. The van der Waals surface area contributed by atoms with Crippen molar-refractivity contribution in [2.75, 3.05) is 40.9 Å². The van der Waals surface area contributed by atoms with E-state index in [-0.39, 0.29) is 24.4 Å². The van der Waals surface area contributed by atoms with E-state index in [4.69, 9.17) is 9.84 Å². The molecule has 0 radical (unpaired) electrons. The Morgan fingerprint density at radius 1 is 1.06 bits per heavy atom. The first-order chi connectivity index (χ1) is 26.1. The van der Waals surface area contributed by atoms with Crippen molar-refractivity contribution >= 4 is 41.2 Å². The molecule has 2 aromatic rings. The van der Waals surface area contributed by atoms with Crippen molar-refractivity contribution in [3.63, 3.8) is 0 Å². The summed E-state index contributed by atoms with van der Waals surface area (Å²) in [5, 5.41) is 17.4. The summed E-state index contributed by atoms with van der Waals surface area (Å²) in [5.74, 6) is 1.34. The van der Waals surface area contributed by atoms with Crippen LogP contribution in [0.4, 0.5) is 0 Å². The summed E-state index contributed by atoms with van der Waals surface area (Å²) in [6.07, 6.45) is 24.4. The minimum absolute atomic E-state index is 0.0343. The standard InChI is InChI=1S/C21H24N2O3.C17H31N3O2.C4H8.CH4O/c1-16-21-14-18(20(15-25)13-19(21)8-9-22-16)7-5-3-4-6-12-26-17(2)23-10-11-24;1-4-5-6-7-8-9-11-14(16(21)18-2)19-17(22)15-12-10-13-20(15)3;1-4-2-3-4;1-2/h5,7-9,11,13-15,23H,2-4,6,10,12H2,1H3;8-9,14-15H,4-7,10-13H2,1-3H3,(H,18,21)(H,19,22);4H,2-3H2,1H3;2H,1H3/b7-5+;9-8-;;. The molecule has 1 saturated carbocycles. The number of nitrogens with zero attached hydrogens (tertiary/aromatic N) is 2. The molecule has 0 spiro atoms. The second-order valence-electron chi connectivity index (χ2n) is 13.6. The van der Waals surface area contributed by atoms with E-state index in [1.807, 2.05) is 44.3 Å². The molecule has 4 rings (SSSR count). The van der Waals surface area contributed by atoms with E-state index in [0.717, 1.165) is 92.7 Å². The molecule has 1 aliphatic carbocycles. The zero-order valence-electron chi connectivity index (χ0n) is 33.7. The van der Waals surface area contributed by atoms with Crippen LogP contribution >= 0.6 is 0 Å². The molecule has 2 atom stereocenters. The van der Waals surface area contributed by atoms with Crippen LogP contribution < -0.4 is 16.0 Å². The fourth-order valence-electron chi connectivity index (χ4n) is 5.57. The number of rotatable bonds is 20. The summed E-state index contributed by atoms with van der Waals surface area (Å²) in [5.41, 5.74) is 2.54. The molecule has 1 aromatic carbocycles. The maximum atomic E-state index is 12.3. The number of benzene rings is 1. The number of aldehydes is 2. The van der Waals surface area contributed by atoms with Crippen LogP contribution in [0.5, 0.6) is 0 Å². The predicted molar refractivity (Wildman–Crippen MR) is 220 cm³/mol. The third-order valence-corrected chi connectivity index (χ3v) is 9.10. The molecule has 2 aliphatic rings. The van der Waals surface area contributed by atoms with Gasteiger partial charge in [0.15, 0.2) is 12.2 Å². The van der Waals surface area contributed by atoms with Gasteiger partial charge in [-0.2, -0.15) is 0 Å². The van der Waals surface area contributed by atoms with E-state index in [1.165, 1.54) is 32.1 Å². The van der Waals surface area contributed by atoms with Gasteiger partial charge in [0.05, 0.1) is 19.2 Å². The van der Waals surface area contributed by atoms with Gasteiger partial charge in [-0.05, 0) is 114 Å². The molecular weight excluding hydrogens is 683 g/mol. The third-order valence-electron chi connectivity index (χ3n) is 9.10. The van der Waals surface area contributed by atoms with Crippen molar-refractivity contribution < 1.29 is 29.0 Å². The number of aliphatic hydroxyl groups is 1. The van der Waals surface area contributed by atoms with Crippen molar-refractivity contribution in [2.45, 2.75) is 110 Å². The summed E-state index contributed by atoms with van der Waals surface area (Å²) in [4.78, 5) is 52.2. The Morgan fingerprint density at radius 2 is 1.76 bits per heavy atom. The molecule has 1 saturated heterocycles. The van der Waals surface area contributed by atoms with Crippen LogP contribution in [0.25, 0.3) is 16.8 Å². The second-order valence-corrected chi connectivity index (χ2v) is 13.6. The minimum atomic E-state index is -0.478. The van der Waals surface area contributed by atoms with Gasteiger partial charge in [-0.3, -0.25) is 24.3 Å². The number of ether oxygens (including phenoxy) is 1. The highest BCUT2D eigenvalue weighted by Gasteiger charge is 2.30. The number of allylic oxidation sites excluding steroid dienone is 2. The third kappa shape index (κ3) is 19.6. The normalized spacial score (nSPS) is 15.5. The summed E-state index contributed by atoms with van der Waals surface area (Å²) in [7, 11) is 4.56. The highest BCUT2D eigenvalue weighted by atomic mass is 16.5. The van der Waals surface area contributed by atoms with Gasteiger partial charge in [0.1, 0.15) is 12.3 Å². The average molecular weight is 750 g/mol. The molecule has 300 valence electrons. The molecule has 2 amide bonds. The van der Waals surface area contributed by atoms with Gasteiger partial charge in [-0.1, -0.05) is 63.8 Å². The van der Waals surface area contributed by atoms with Gasteiger partial charge in [-0.15, -0.1) is 0 Å². The van der Waals surface area contributed by atoms with Crippen LogP contribution in [0.2, 0.25) is 0 Å². The lowest BCUT2D eigenvalue weighted by Crippen LogP contribution is -2.50. The number of hydrogen-bond donors (Lipinski definition) is 4. The lowest BCUT2D eigenvalue weighted by molar-refractivity contribution is -0.130. The van der Waals surface area contributed by atoms with Crippen LogP contribution in [0.3, 0.4) is 0 Å². The van der Waals surface area contributed by atoms with Crippen molar-refractivity contribution in [2.24, 2.45) is 5.92 Å². The molecule has 1 aromatic heterocycles. The van der Waals surface area contributed by atoms with E-state index in [1.54, 1.807) is 13.2 Å². The number of likely N-dealkylation sites (tertiary alicyclic amines) is 1. The first kappa shape index (κ1) is 47.7. The molecule has 4 N–H and O–H groups in total. The van der Waals surface area contributed by atoms with Gasteiger partial charge < -0.3 is 30.6 Å². The molecule has 11 heteroatoms. The Bertz CT molecular complexity index is 1470. The number of unbranched alkanes of at least 4 members (excludes halogenated alkanes) is 5. The van der Waals surface area contributed by atoms with Crippen molar-refractivity contribution in [1.82, 2.24) is 25.8 Å². The number of amides is 2. The zero-order chi connectivity index (χ0) is 40.1. The lowest BCUT2D eigenvalue weighted by atomic mass is 10.0. The Morgan fingerprint density at radius 3 is 2.37 bits per heavy atom. The summed E-state index contributed by atoms with van der Waals surface area (Å²) >= 11 is 0. The topological polar surface area (TPSA) is 150 Å². The van der Waals surface area contributed by atoms with E-state index in [9.17, 15) is 19.2 Å². The number of aromatic nitrogens is 1. The van der Waals surface area contributed by atoms with Gasteiger partial charge in [-0.25, -0.2) is 0 Å². The van der Waals surface area contributed by atoms with Gasteiger partial charge in [0.25, 0.3) is 0 Å². The highest BCUT2D eigenvalue weighted by Crippen LogP contribution is 2.26. The van der Waals surface area contributed by atoms with Gasteiger partial charge in [0.2, 0.25) is 11.8 Å². The molecule has 2 fully saturated rings. The Hall–Kier alpha value is -4.35. The number of carbonyl (C=O) groups is 4. The molecule has 2 unspecified atom stereocenters. The number of nitrogens with one attached hydrogen (secondary N) is 3. The fraction of sp³-hybridized carbons (Fsp3) is 0.558. The summed E-state index contributed by atoms with van der Waals surface area (Å²) < 4.78 is 5.36. The maximum Gasteiger partial charge on any atom is 0.242 e. The highest BCUT2D eigenvalue weighted by molar-refractivity contribution is 5.94. The molecule has 11 nitrogen and oxygen atoms in total. The minimum Gasteiger partial charge on any atom is -0.480 e. The number of pyridine rings is 1. The van der Waals surface area contributed by atoms with Crippen LogP contribution in [0, 0.1) is 12.8 Å². The zero-order valence-corrected chi connectivity index (χ0v) is 33.7. The molecular formula is C43H67N5O6. The van der Waals surface area contributed by atoms with Gasteiger partial charge >= 0.3 is 0 Å². The number of hydrogen-bond acceptors (Lipinski definition) is 9. The number of aliphatic hydroxyl groups excluding tert-OH is 1. The smallest absolute Gasteiger partial charge is 0.242 e. The maximum absolute atomic E-state index is 12.3. The van der Waals surface area contributed by atoms with Crippen LogP contribution in [-0.2, 0) is 19.1 Å². The van der Waals surface area contributed by atoms with Crippen molar-refractivity contribution in [3.05, 3.63) is 71.9 Å². The Labute approximate surface area is 324 Å². The predicted octanol–water partition coefficient (Wildman–Crippen LogP) is 6.68. The molecule has 2 heterocycles. The molecule has 0 bridgehead atoms. The van der Waals surface area contributed by atoms with Crippen molar-refractivity contribution in [1.29, 1.82) is 0 Å². The molecule has 1 aliphatic heterocycles. The van der Waals surface area contributed by atoms with Crippen LogP contribution in [0.1, 0.15) is 113 Å². The fourth-order valence-corrected chi connectivity index (χ4v) is 5.57. The number of likely N-dealkylation sites (N-methyl/N-ethyl adjacent to an activating group) is 2. The Balaban J connectivity index is 0.000000473. The SMILES string of the molecule is C=C(NCC=O)OCCCC/C=C/c1cc2c(C)nccc2cc1C=O.CC1CC1.CCCCC/C=C\CC(NC(=O)C1CCCN1C)C(=O)NC.CO. The van der Waals surface area contributed by atoms with E-state index >= 15 is 0 Å². The second kappa shape index (κ2) is 29.1. The van der Waals surface area contributed by atoms with E-state index < -0.39 is 6.04 Å². The number of carbonyl (C=O) groups excluding carboxylic acids is 4. The monoisotopic (exact) mass is 750 g/mol.